The van der Waals surface area contributed by atoms with E-state index in [1.54, 1.807) is 0 Å². The van der Waals surface area contributed by atoms with E-state index in [0.29, 0.717) is 0 Å². The van der Waals surface area contributed by atoms with Gasteiger partial charge in [-0.05, 0) is 44.3 Å². The van der Waals surface area contributed by atoms with Crippen molar-refractivity contribution in [3.05, 3.63) is 21.9 Å². The lowest BCUT2D eigenvalue weighted by Gasteiger charge is -2.26. The van der Waals surface area contributed by atoms with Crippen molar-refractivity contribution >= 4 is 11.3 Å². The minimum absolute atomic E-state index is 0.180. The normalized spacial score (nSPS) is 12.0. The highest BCUT2D eigenvalue weighted by molar-refractivity contribution is 7.10. The van der Waals surface area contributed by atoms with Crippen molar-refractivity contribution in [2.75, 3.05) is 13.1 Å². The summed E-state index contributed by atoms with van der Waals surface area (Å²) in [5.74, 6) is 0. The first kappa shape index (κ1) is 12.7. The fraction of sp³-hybridized carbons (Fsp3) is 0.667. The van der Waals surface area contributed by atoms with Crippen LogP contribution in [0.5, 0.6) is 0 Å². The van der Waals surface area contributed by atoms with Crippen molar-refractivity contribution in [2.45, 2.75) is 39.8 Å². The maximum atomic E-state index is 3.50. The van der Waals surface area contributed by atoms with Crippen LogP contribution < -0.4 is 10.6 Å². The number of likely N-dealkylation sites (N-methyl/N-ethyl adjacent to an activating group) is 1. The number of aryl methyl sites for hydroxylation is 1. The van der Waals surface area contributed by atoms with Crippen LogP contribution in [0.15, 0.2) is 11.4 Å². The minimum Gasteiger partial charge on any atom is -0.311 e. The number of rotatable bonds is 6. The predicted molar refractivity (Wildman–Crippen MR) is 68.5 cm³/mol. The van der Waals surface area contributed by atoms with E-state index in [1.807, 2.05) is 11.3 Å². The van der Waals surface area contributed by atoms with Crippen LogP contribution in [0.25, 0.3) is 0 Å². The average molecular weight is 226 g/mol. The summed E-state index contributed by atoms with van der Waals surface area (Å²) in [6.45, 7) is 11.8. The first-order valence-corrected chi connectivity index (χ1v) is 6.42. The van der Waals surface area contributed by atoms with Crippen molar-refractivity contribution in [1.29, 1.82) is 0 Å². The Bertz CT molecular complexity index is 292. The lowest BCUT2D eigenvalue weighted by molar-refractivity contribution is 0.374. The van der Waals surface area contributed by atoms with Crippen LogP contribution in [-0.4, -0.2) is 18.6 Å². The van der Waals surface area contributed by atoms with Gasteiger partial charge >= 0.3 is 0 Å². The van der Waals surface area contributed by atoms with E-state index in [9.17, 15) is 0 Å². The molecule has 2 nitrogen and oxygen atoms in total. The van der Waals surface area contributed by atoms with Crippen LogP contribution >= 0.6 is 11.3 Å². The molecule has 0 fully saturated rings. The monoisotopic (exact) mass is 226 g/mol. The highest BCUT2D eigenvalue weighted by Crippen LogP contribution is 2.15. The first-order valence-electron chi connectivity index (χ1n) is 5.54. The third-order valence-corrected chi connectivity index (χ3v) is 3.50. The van der Waals surface area contributed by atoms with Crippen LogP contribution in [0.1, 0.15) is 31.2 Å². The molecule has 0 atom stereocenters. The summed E-state index contributed by atoms with van der Waals surface area (Å²) >= 11 is 1.83. The van der Waals surface area contributed by atoms with Gasteiger partial charge in [0, 0.05) is 23.5 Å². The molecule has 0 radical (unpaired) electrons. The molecular weight excluding hydrogens is 204 g/mol. The second kappa shape index (κ2) is 5.64. The Morgan fingerprint density at radius 3 is 2.67 bits per heavy atom. The highest BCUT2D eigenvalue weighted by atomic mass is 32.1. The van der Waals surface area contributed by atoms with Crippen molar-refractivity contribution in [3.8, 4) is 0 Å². The number of hydrogen-bond donors (Lipinski definition) is 2. The Balaban J connectivity index is 2.30. The number of nitrogens with one attached hydrogen (secondary N) is 2. The fourth-order valence-corrected chi connectivity index (χ4v) is 2.49. The maximum Gasteiger partial charge on any atom is 0.0303 e. The molecule has 0 aromatic carbocycles. The van der Waals surface area contributed by atoms with Gasteiger partial charge in [-0.1, -0.05) is 6.92 Å². The molecule has 3 heteroatoms. The smallest absolute Gasteiger partial charge is 0.0303 e. The van der Waals surface area contributed by atoms with Gasteiger partial charge in [-0.2, -0.15) is 0 Å². The summed E-state index contributed by atoms with van der Waals surface area (Å²) in [4.78, 5) is 1.45. The minimum atomic E-state index is 0.180. The Kier molecular flexibility index (Phi) is 4.77. The molecule has 1 aromatic heterocycles. The van der Waals surface area contributed by atoms with Crippen molar-refractivity contribution in [1.82, 2.24) is 10.6 Å². The summed E-state index contributed by atoms with van der Waals surface area (Å²) in [5, 5.41) is 9.11. The standard InChI is InChI=1S/C12H22N2S/c1-5-14-12(3,4)9-13-8-11-10(2)6-7-15-11/h6-7,13-14H,5,8-9H2,1-4H3. The van der Waals surface area contributed by atoms with Crippen molar-refractivity contribution < 1.29 is 0 Å². The van der Waals surface area contributed by atoms with E-state index >= 15 is 0 Å². The predicted octanol–water partition coefficient (Wildman–Crippen LogP) is 2.53. The van der Waals surface area contributed by atoms with E-state index < -0.39 is 0 Å². The van der Waals surface area contributed by atoms with Gasteiger partial charge in [0.05, 0.1) is 0 Å². The zero-order valence-electron chi connectivity index (χ0n) is 10.2. The highest BCUT2D eigenvalue weighted by Gasteiger charge is 2.14. The molecular formula is C12H22N2S. The van der Waals surface area contributed by atoms with Gasteiger partial charge in [0.2, 0.25) is 0 Å². The van der Waals surface area contributed by atoms with Gasteiger partial charge in [0.1, 0.15) is 0 Å². The largest absolute Gasteiger partial charge is 0.311 e. The summed E-state index contributed by atoms with van der Waals surface area (Å²) < 4.78 is 0. The molecule has 1 heterocycles. The second-order valence-electron chi connectivity index (χ2n) is 4.54. The summed E-state index contributed by atoms with van der Waals surface area (Å²) in [7, 11) is 0. The lowest BCUT2D eigenvalue weighted by atomic mass is 10.1. The molecule has 0 spiro atoms. The quantitative estimate of drug-likeness (QED) is 0.779. The average Bonchev–Trinajstić information content (AvgIpc) is 2.51. The third-order valence-electron chi connectivity index (χ3n) is 2.48. The Labute approximate surface area is 97.1 Å². The molecule has 0 unspecified atom stereocenters. The van der Waals surface area contributed by atoms with Crippen LogP contribution in [-0.2, 0) is 6.54 Å². The van der Waals surface area contributed by atoms with Gasteiger partial charge < -0.3 is 10.6 Å². The molecule has 86 valence electrons. The van der Waals surface area contributed by atoms with Gasteiger partial charge in [-0.3, -0.25) is 0 Å². The van der Waals surface area contributed by atoms with Gasteiger partial charge in [-0.15, -0.1) is 11.3 Å². The summed E-state index contributed by atoms with van der Waals surface area (Å²) in [6, 6.07) is 2.18. The molecule has 0 aliphatic rings. The zero-order valence-corrected chi connectivity index (χ0v) is 11.0. The lowest BCUT2D eigenvalue weighted by Crippen LogP contribution is -2.47. The molecule has 1 aromatic rings. The van der Waals surface area contributed by atoms with Crippen LogP contribution in [0.3, 0.4) is 0 Å². The van der Waals surface area contributed by atoms with Gasteiger partial charge in [-0.25, -0.2) is 0 Å². The van der Waals surface area contributed by atoms with Crippen LogP contribution in [0.4, 0.5) is 0 Å². The third kappa shape index (κ3) is 4.33. The number of hydrogen-bond acceptors (Lipinski definition) is 3. The Morgan fingerprint density at radius 2 is 2.13 bits per heavy atom. The fourth-order valence-electron chi connectivity index (χ4n) is 1.61. The Hall–Kier alpha value is -0.380. The SMILES string of the molecule is CCNC(C)(C)CNCc1sccc1C. The van der Waals surface area contributed by atoms with E-state index in [1.165, 1.54) is 10.4 Å². The Morgan fingerprint density at radius 1 is 1.40 bits per heavy atom. The molecule has 0 aliphatic carbocycles. The van der Waals surface area contributed by atoms with Crippen molar-refractivity contribution in [3.63, 3.8) is 0 Å². The van der Waals surface area contributed by atoms with E-state index in [-0.39, 0.29) is 5.54 Å². The molecule has 0 amide bonds. The molecule has 0 bridgehead atoms. The topological polar surface area (TPSA) is 24.1 Å². The molecule has 0 saturated carbocycles. The van der Waals surface area contributed by atoms with Gasteiger partial charge in [0.15, 0.2) is 0 Å². The van der Waals surface area contributed by atoms with Crippen LogP contribution in [0.2, 0.25) is 0 Å². The molecule has 0 aliphatic heterocycles. The number of thiophene rings is 1. The summed E-state index contributed by atoms with van der Waals surface area (Å²) in [5.41, 5.74) is 1.58. The van der Waals surface area contributed by atoms with E-state index in [0.717, 1.165) is 19.6 Å². The second-order valence-corrected chi connectivity index (χ2v) is 5.55. The molecule has 1 rings (SSSR count). The first-order chi connectivity index (χ1) is 7.05. The van der Waals surface area contributed by atoms with Crippen LogP contribution in [0, 0.1) is 6.92 Å². The zero-order chi connectivity index (χ0) is 11.3. The molecule has 2 N–H and O–H groups in total. The maximum absolute atomic E-state index is 3.50. The molecule has 0 saturated heterocycles. The van der Waals surface area contributed by atoms with Crippen molar-refractivity contribution in [2.24, 2.45) is 0 Å². The van der Waals surface area contributed by atoms with E-state index in [2.05, 4.69) is 49.8 Å². The van der Waals surface area contributed by atoms with Gasteiger partial charge in [0.25, 0.3) is 0 Å². The summed E-state index contributed by atoms with van der Waals surface area (Å²) in [6.07, 6.45) is 0. The van der Waals surface area contributed by atoms with E-state index in [4.69, 9.17) is 0 Å². The molecule has 15 heavy (non-hydrogen) atoms.